The van der Waals surface area contributed by atoms with Crippen molar-refractivity contribution in [3.05, 3.63) is 57.8 Å². The minimum atomic E-state index is -0.351. The second-order valence-electron chi connectivity index (χ2n) is 5.76. The summed E-state index contributed by atoms with van der Waals surface area (Å²) in [5.41, 5.74) is 2.98. The van der Waals surface area contributed by atoms with Crippen LogP contribution in [0.15, 0.2) is 40.9 Å². The number of hydrogen-bond donors (Lipinski definition) is 1. The number of hydrogen-bond acceptors (Lipinski definition) is 2. The third-order valence-corrected chi connectivity index (χ3v) is 4.50. The van der Waals surface area contributed by atoms with Crippen LogP contribution in [0.1, 0.15) is 17.5 Å². The number of amides is 2. The molecule has 0 bridgehead atoms. The largest absolute Gasteiger partial charge is 0.324 e. The molecule has 124 valence electrons. The van der Waals surface area contributed by atoms with Crippen LogP contribution in [0.4, 0.5) is 15.8 Å². The van der Waals surface area contributed by atoms with Crippen molar-refractivity contribution < 1.29 is 14.0 Å². The Kier molecular flexibility index (Phi) is 4.66. The van der Waals surface area contributed by atoms with Gasteiger partial charge in [-0.05, 0) is 60.9 Å². The van der Waals surface area contributed by atoms with Crippen molar-refractivity contribution in [3.8, 4) is 0 Å². The third-order valence-electron chi connectivity index (χ3n) is 4.01. The van der Waals surface area contributed by atoms with Crippen LogP contribution in [-0.2, 0) is 16.0 Å². The fourth-order valence-corrected chi connectivity index (χ4v) is 3.21. The summed E-state index contributed by atoms with van der Waals surface area (Å²) in [6.07, 6.45) is 1.05. The summed E-state index contributed by atoms with van der Waals surface area (Å²) >= 11 is 3.42. The van der Waals surface area contributed by atoms with Gasteiger partial charge >= 0.3 is 0 Å². The Morgan fingerprint density at radius 3 is 2.79 bits per heavy atom. The molecule has 1 aliphatic heterocycles. The normalized spacial score (nSPS) is 13.6. The first-order valence-electron chi connectivity index (χ1n) is 7.59. The van der Waals surface area contributed by atoms with E-state index in [9.17, 15) is 14.0 Å². The maximum atomic E-state index is 13.1. The zero-order valence-corrected chi connectivity index (χ0v) is 14.7. The lowest BCUT2D eigenvalue weighted by Crippen LogP contribution is -2.41. The van der Waals surface area contributed by atoms with Crippen molar-refractivity contribution >= 4 is 39.1 Å². The molecule has 0 fully saturated rings. The summed E-state index contributed by atoms with van der Waals surface area (Å²) in [4.78, 5) is 26.1. The Morgan fingerprint density at radius 1 is 1.25 bits per heavy atom. The number of carbonyl (C=O) groups is 2. The molecule has 0 spiro atoms. The van der Waals surface area contributed by atoms with Crippen LogP contribution < -0.4 is 10.2 Å². The highest BCUT2D eigenvalue weighted by atomic mass is 79.9. The van der Waals surface area contributed by atoms with Crippen molar-refractivity contribution in [1.82, 2.24) is 0 Å². The first-order valence-corrected chi connectivity index (χ1v) is 8.38. The molecule has 0 aromatic heterocycles. The zero-order valence-electron chi connectivity index (χ0n) is 13.1. The van der Waals surface area contributed by atoms with E-state index in [0.717, 1.165) is 15.7 Å². The van der Waals surface area contributed by atoms with Gasteiger partial charge in [0.1, 0.15) is 12.4 Å². The van der Waals surface area contributed by atoms with Crippen molar-refractivity contribution in [3.63, 3.8) is 0 Å². The molecule has 2 aromatic rings. The van der Waals surface area contributed by atoms with Gasteiger partial charge in [-0.25, -0.2) is 4.39 Å². The molecule has 6 heteroatoms. The van der Waals surface area contributed by atoms with Gasteiger partial charge in [0.05, 0.1) is 0 Å². The number of nitrogens with zero attached hydrogens (tertiary/aromatic N) is 1. The summed E-state index contributed by atoms with van der Waals surface area (Å²) in [5.74, 6) is -0.735. The Hall–Kier alpha value is -2.21. The van der Waals surface area contributed by atoms with Crippen LogP contribution >= 0.6 is 15.9 Å². The van der Waals surface area contributed by atoms with Crippen molar-refractivity contribution in [2.45, 2.75) is 19.8 Å². The number of benzene rings is 2. The molecule has 0 radical (unpaired) electrons. The van der Waals surface area contributed by atoms with E-state index in [-0.39, 0.29) is 24.2 Å². The minimum absolute atomic E-state index is 0.0652. The van der Waals surface area contributed by atoms with Gasteiger partial charge in [0, 0.05) is 22.3 Å². The fourth-order valence-electron chi connectivity index (χ4n) is 2.80. The highest BCUT2D eigenvalue weighted by Crippen LogP contribution is 2.30. The highest BCUT2D eigenvalue weighted by Gasteiger charge is 2.26. The van der Waals surface area contributed by atoms with Gasteiger partial charge in [0.15, 0.2) is 0 Å². The standard InChI is InChI=1S/C18H16BrFN2O2/c1-11-8-14(20)4-5-15(11)21-17(23)10-22-16-6-3-13(19)9-12(16)2-7-18(22)24/h3-6,8-9H,2,7,10H2,1H3,(H,21,23). The quantitative estimate of drug-likeness (QED) is 0.865. The molecule has 0 unspecified atom stereocenters. The highest BCUT2D eigenvalue weighted by molar-refractivity contribution is 9.10. The van der Waals surface area contributed by atoms with E-state index in [2.05, 4.69) is 21.2 Å². The van der Waals surface area contributed by atoms with E-state index in [1.165, 1.54) is 23.1 Å². The summed E-state index contributed by atoms with van der Waals surface area (Å²) < 4.78 is 14.1. The third kappa shape index (κ3) is 3.48. The van der Waals surface area contributed by atoms with Crippen LogP contribution in [0.2, 0.25) is 0 Å². The van der Waals surface area contributed by atoms with Gasteiger partial charge in [-0.2, -0.15) is 0 Å². The lowest BCUT2D eigenvalue weighted by molar-refractivity contribution is -0.121. The van der Waals surface area contributed by atoms with Crippen LogP contribution in [0, 0.1) is 12.7 Å². The Morgan fingerprint density at radius 2 is 2.04 bits per heavy atom. The fraction of sp³-hybridized carbons (Fsp3) is 0.222. The lowest BCUT2D eigenvalue weighted by Gasteiger charge is -2.29. The van der Waals surface area contributed by atoms with Crippen molar-refractivity contribution in [2.24, 2.45) is 0 Å². The molecule has 2 amide bonds. The molecule has 0 aliphatic carbocycles. The number of carbonyl (C=O) groups excluding carboxylic acids is 2. The lowest BCUT2D eigenvalue weighted by atomic mass is 10.0. The molecular weight excluding hydrogens is 375 g/mol. The number of halogens is 2. The van der Waals surface area contributed by atoms with E-state index >= 15 is 0 Å². The maximum Gasteiger partial charge on any atom is 0.244 e. The zero-order chi connectivity index (χ0) is 17.3. The molecular formula is C18H16BrFN2O2. The molecule has 1 N–H and O–H groups in total. The van der Waals surface area contributed by atoms with Crippen molar-refractivity contribution in [1.29, 1.82) is 0 Å². The second-order valence-corrected chi connectivity index (χ2v) is 6.68. The van der Waals surface area contributed by atoms with Crippen LogP contribution in [0.5, 0.6) is 0 Å². The SMILES string of the molecule is Cc1cc(F)ccc1NC(=O)CN1C(=O)CCc2cc(Br)ccc21. The molecule has 0 saturated heterocycles. The molecule has 4 nitrogen and oxygen atoms in total. The van der Waals surface area contributed by atoms with E-state index < -0.39 is 0 Å². The van der Waals surface area contributed by atoms with E-state index in [1.54, 1.807) is 6.92 Å². The summed E-state index contributed by atoms with van der Waals surface area (Å²) in [6, 6.07) is 9.83. The number of fused-ring (bicyclic) bond motifs is 1. The van der Waals surface area contributed by atoms with E-state index in [0.29, 0.717) is 24.1 Å². The number of nitrogens with one attached hydrogen (secondary N) is 1. The average molecular weight is 391 g/mol. The smallest absolute Gasteiger partial charge is 0.244 e. The van der Waals surface area contributed by atoms with E-state index in [4.69, 9.17) is 0 Å². The van der Waals surface area contributed by atoms with Crippen molar-refractivity contribution in [2.75, 3.05) is 16.8 Å². The number of anilines is 2. The average Bonchev–Trinajstić information content (AvgIpc) is 2.53. The van der Waals surface area contributed by atoms with Crippen LogP contribution in [-0.4, -0.2) is 18.4 Å². The Labute approximate surface area is 147 Å². The monoisotopic (exact) mass is 390 g/mol. The molecule has 24 heavy (non-hydrogen) atoms. The molecule has 0 saturated carbocycles. The first kappa shape index (κ1) is 16.6. The van der Waals surface area contributed by atoms with Gasteiger partial charge in [-0.3, -0.25) is 9.59 Å². The summed E-state index contributed by atoms with van der Waals surface area (Å²) in [7, 11) is 0. The first-order chi connectivity index (χ1) is 11.4. The Balaban J connectivity index is 1.78. The van der Waals surface area contributed by atoms with Crippen LogP contribution in [0.25, 0.3) is 0 Å². The molecule has 0 atom stereocenters. The number of rotatable bonds is 3. The molecule has 1 aliphatic rings. The number of aryl methyl sites for hydroxylation is 2. The predicted molar refractivity (Wildman–Crippen MR) is 94.6 cm³/mol. The Bertz CT molecular complexity index is 823. The minimum Gasteiger partial charge on any atom is -0.324 e. The van der Waals surface area contributed by atoms with Crippen LogP contribution in [0.3, 0.4) is 0 Å². The second kappa shape index (κ2) is 6.73. The maximum absolute atomic E-state index is 13.1. The van der Waals surface area contributed by atoms with Gasteiger partial charge in [0.2, 0.25) is 11.8 Å². The molecule has 2 aromatic carbocycles. The summed E-state index contributed by atoms with van der Waals surface area (Å²) in [5, 5.41) is 2.74. The topological polar surface area (TPSA) is 49.4 Å². The predicted octanol–water partition coefficient (Wildman–Crippen LogP) is 3.81. The van der Waals surface area contributed by atoms with Gasteiger partial charge < -0.3 is 10.2 Å². The van der Waals surface area contributed by atoms with Gasteiger partial charge in [0.25, 0.3) is 0 Å². The van der Waals surface area contributed by atoms with Gasteiger partial charge in [-0.1, -0.05) is 15.9 Å². The molecule has 3 rings (SSSR count). The summed E-state index contributed by atoms with van der Waals surface area (Å²) in [6.45, 7) is 1.65. The van der Waals surface area contributed by atoms with Gasteiger partial charge in [-0.15, -0.1) is 0 Å². The van der Waals surface area contributed by atoms with E-state index in [1.807, 2.05) is 18.2 Å². The molecule has 1 heterocycles.